The van der Waals surface area contributed by atoms with Crippen LogP contribution in [0.5, 0.6) is 5.75 Å². The third kappa shape index (κ3) is 4.84. The second kappa shape index (κ2) is 7.77. The van der Waals surface area contributed by atoms with Crippen LogP contribution in [0.25, 0.3) is 0 Å². The van der Waals surface area contributed by atoms with Crippen molar-refractivity contribution >= 4 is 28.0 Å². The average Bonchev–Trinajstić information content (AvgIpc) is 2.93. The molecule has 0 radical (unpaired) electrons. The van der Waals surface area contributed by atoms with E-state index >= 15 is 0 Å². The van der Waals surface area contributed by atoms with Crippen molar-refractivity contribution in [1.82, 2.24) is 4.90 Å². The first-order chi connectivity index (χ1) is 12.0. The maximum absolute atomic E-state index is 13.9. The Kier molecular flexibility index (Phi) is 6.10. The summed E-state index contributed by atoms with van der Waals surface area (Å²) >= 11 is 3.07. The molecular weight excluding hydrogens is 416 g/mol. The fourth-order valence-electron chi connectivity index (χ4n) is 2.56. The summed E-state index contributed by atoms with van der Waals surface area (Å²) < 4.78 is 43.3. The number of rotatable bonds is 3. The van der Waals surface area contributed by atoms with E-state index in [-0.39, 0.29) is 18.7 Å². The lowest BCUT2D eigenvalue weighted by molar-refractivity contribution is -0.145. The molecule has 1 heterocycles. The summed E-state index contributed by atoms with van der Waals surface area (Å²) in [5.41, 5.74) is -0.754. The van der Waals surface area contributed by atoms with Gasteiger partial charge in [-0.1, -0.05) is 15.9 Å². The standard InChI is InChI=1S/C17H20BrF2NO5/c1-17(2,3)26-16(23)21-8-10(7-12(21)15(22)24-4)25-13-6-9(18)5-11(19)14(13)20/h5-6,10,12H,7-8H2,1-4H3/t10-,12-/m0/s1. The molecule has 2 rings (SSSR count). The third-order valence-electron chi connectivity index (χ3n) is 3.62. The number of likely N-dealkylation sites (tertiary alicyclic amines) is 1. The summed E-state index contributed by atoms with van der Waals surface area (Å²) in [4.78, 5) is 25.5. The van der Waals surface area contributed by atoms with E-state index in [0.29, 0.717) is 4.47 Å². The Bertz CT molecular complexity index is 707. The van der Waals surface area contributed by atoms with Gasteiger partial charge >= 0.3 is 12.1 Å². The Labute approximate surface area is 158 Å². The van der Waals surface area contributed by atoms with Crippen molar-refractivity contribution in [2.45, 2.75) is 44.9 Å². The lowest BCUT2D eigenvalue weighted by Crippen LogP contribution is -2.44. The van der Waals surface area contributed by atoms with Crippen LogP contribution < -0.4 is 4.74 Å². The van der Waals surface area contributed by atoms with Gasteiger partial charge in [-0.2, -0.15) is 4.39 Å². The molecule has 0 aliphatic carbocycles. The van der Waals surface area contributed by atoms with Gasteiger partial charge in [0.1, 0.15) is 17.7 Å². The van der Waals surface area contributed by atoms with Crippen molar-refractivity contribution < 1.29 is 32.6 Å². The van der Waals surface area contributed by atoms with Crippen LogP contribution in [0.15, 0.2) is 16.6 Å². The van der Waals surface area contributed by atoms with Crippen molar-refractivity contribution in [3.8, 4) is 5.75 Å². The summed E-state index contributed by atoms with van der Waals surface area (Å²) in [6.07, 6.45) is -1.37. The highest BCUT2D eigenvalue weighted by molar-refractivity contribution is 9.10. The van der Waals surface area contributed by atoms with Gasteiger partial charge in [-0.15, -0.1) is 0 Å². The van der Waals surface area contributed by atoms with Crippen molar-refractivity contribution in [3.05, 3.63) is 28.2 Å². The minimum absolute atomic E-state index is 0.0255. The molecule has 0 aromatic heterocycles. The molecule has 0 saturated carbocycles. The van der Waals surface area contributed by atoms with Gasteiger partial charge in [0.15, 0.2) is 11.6 Å². The largest absolute Gasteiger partial charge is 0.485 e. The summed E-state index contributed by atoms with van der Waals surface area (Å²) in [5.74, 6) is -3.15. The van der Waals surface area contributed by atoms with Crippen molar-refractivity contribution in [2.75, 3.05) is 13.7 Å². The van der Waals surface area contributed by atoms with Crippen LogP contribution in [0.4, 0.5) is 13.6 Å². The Morgan fingerprint density at radius 2 is 1.92 bits per heavy atom. The molecule has 1 aliphatic heterocycles. The molecule has 0 N–H and O–H groups in total. The number of benzene rings is 1. The van der Waals surface area contributed by atoms with E-state index < -0.39 is 41.4 Å². The summed E-state index contributed by atoms with van der Waals surface area (Å²) in [6.45, 7) is 5.06. The first-order valence-corrected chi connectivity index (χ1v) is 8.69. The molecule has 0 spiro atoms. The van der Waals surface area contributed by atoms with Crippen LogP contribution in [0.3, 0.4) is 0 Å². The van der Waals surface area contributed by atoms with E-state index in [1.54, 1.807) is 20.8 Å². The molecule has 0 bridgehead atoms. The summed E-state index contributed by atoms with van der Waals surface area (Å²) in [6, 6.07) is 1.32. The van der Waals surface area contributed by atoms with Gasteiger partial charge in [-0.05, 0) is 32.9 Å². The molecular formula is C17H20BrF2NO5. The average molecular weight is 436 g/mol. The molecule has 1 aliphatic rings. The number of hydrogen-bond donors (Lipinski definition) is 0. The van der Waals surface area contributed by atoms with Crippen LogP contribution in [-0.4, -0.2) is 48.4 Å². The number of hydrogen-bond acceptors (Lipinski definition) is 5. The van der Waals surface area contributed by atoms with E-state index in [1.807, 2.05) is 0 Å². The van der Waals surface area contributed by atoms with Crippen LogP contribution in [0, 0.1) is 11.6 Å². The van der Waals surface area contributed by atoms with Gasteiger partial charge in [0.05, 0.1) is 13.7 Å². The summed E-state index contributed by atoms with van der Waals surface area (Å²) in [7, 11) is 1.20. The molecule has 2 atom stereocenters. The lowest BCUT2D eigenvalue weighted by Gasteiger charge is -2.27. The molecule has 26 heavy (non-hydrogen) atoms. The zero-order valence-corrected chi connectivity index (χ0v) is 16.4. The van der Waals surface area contributed by atoms with Crippen molar-refractivity contribution in [2.24, 2.45) is 0 Å². The van der Waals surface area contributed by atoms with E-state index in [1.165, 1.54) is 18.1 Å². The van der Waals surface area contributed by atoms with Gasteiger partial charge in [0.25, 0.3) is 0 Å². The Balaban J connectivity index is 2.20. The summed E-state index contributed by atoms with van der Waals surface area (Å²) in [5, 5.41) is 0. The third-order valence-corrected chi connectivity index (χ3v) is 4.08. The highest BCUT2D eigenvalue weighted by atomic mass is 79.9. The van der Waals surface area contributed by atoms with Gasteiger partial charge in [-0.3, -0.25) is 4.90 Å². The molecule has 1 saturated heterocycles. The highest BCUT2D eigenvalue weighted by Gasteiger charge is 2.43. The maximum Gasteiger partial charge on any atom is 0.411 e. The topological polar surface area (TPSA) is 65.1 Å². The zero-order chi connectivity index (χ0) is 19.6. The van der Waals surface area contributed by atoms with E-state index in [9.17, 15) is 18.4 Å². The SMILES string of the molecule is COC(=O)[C@@H]1C[C@H](Oc2cc(Br)cc(F)c2F)CN1C(=O)OC(C)(C)C. The zero-order valence-electron chi connectivity index (χ0n) is 14.8. The molecule has 1 fully saturated rings. The maximum atomic E-state index is 13.9. The minimum Gasteiger partial charge on any atom is -0.485 e. The van der Waals surface area contributed by atoms with Gasteiger partial charge in [0, 0.05) is 10.9 Å². The number of carbonyl (C=O) groups excluding carboxylic acids is 2. The number of halogens is 3. The minimum atomic E-state index is -1.14. The molecule has 1 amide bonds. The second-order valence-corrected chi connectivity index (χ2v) is 7.76. The fourth-order valence-corrected chi connectivity index (χ4v) is 2.97. The Hall–Kier alpha value is -1.90. The molecule has 1 aromatic rings. The lowest BCUT2D eigenvalue weighted by atomic mass is 10.2. The van der Waals surface area contributed by atoms with E-state index in [0.717, 1.165) is 6.07 Å². The van der Waals surface area contributed by atoms with Crippen molar-refractivity contribution in [3.63, 3.8) is 0 Å². The first-order valence-electron chi connectivity index (χ1n) is 7.90. The number of amides is 1. The number of nitrogens with zero attached hydrogens (tertiary/aromatic N) is 1. The molecule has 1 aromatic carbocycles. The smallest absolute Gasteiger partial charge is 0.411 e. The fraction of sp³-hybridized carbons (Fsp3) is 0.529. The van der Waals surface area contributed by atoms with Crippen LogP contribution in [-0.2, 0) is 14.3 Å². The number of ether oxygens (including phenoxy) is 3. The second-order valence-electron chi connectivity index (χ2n) is 6.85. The predicted molar refractivity (Wildman–Crippen MR) is 91.8 cm³/mol. The van der Waals surface area contributed by atoms with Crippen LogP contribution >= 0.6 is 15.9 Å². The molecule has 0 unspecified atom stereocenters. The van der Waals surface area contributed by atoms with Crippen LogP contribution in [0.1, 0.15) is 27.2 Å². The molecule has 144 valence electrons. The van der Waals surface area contributed by atoms with Crippen molar-refractivity contribution in [1.29, 1.82) is 0 Å². The van der Waals surface area contributed by atoms with Gasteiger partial charge in [-0.25, -0.2) is 14.0 Å². The normalized spacial score (nSPS) is 20.0. The van der Waals surface area contributed by atoms with E-state index in [2.05, 4.69) is 15.9 Å². The first kappa shape index (κ1) is 20.4. The van der Waals surface area contributed by atoms with Gasteiger partial charge in [0.2, 0.25) is 5.82 Å². The predicted octanol–water partition coefficient (Wildman–Crippen LogP) is 3.66. The highest BCUT2D eigenvalue weighted by Crippen LogP contribution is 2.30. The number of carbonyl (C=O) groups is 2. The molecule has 6 nitrogen and oxygen atoms in total. The van der Waals surface area contributed by atoms with Crippen LogP contribution in [0.2, 0.25) is 0 Å². The number of methoxy groups -OCH3 is 1. The quantitative estimate of drug-likeness (QED) is 0.535. The number of esters is 1. The monoisotopic (exact) mass is 435 g/mol. The van der Waals surface area contributed by atoms with Gasteiger partial charge < -0.3 is 14.2 Å². The van der Waals surface area contributed by atoms with E-state index in [4.69, 9.17) is 14.2 Å². The molecule has 9 heteroatoms. The Morgan fingerprint density at radius 3 is 2.50 bits per heavy atom. The Morgan fingerprint density at radius 1 is 1.27 bits per heavy atom.